The van der Waals surface area contributed by atoms with Crippen LogP contribution < -0.4 is 10.6 Å². The van der Waals surface area contributed by atoms with Crippen LogP contribution in [0.3, 0.4) is 0 Å². The summed E-state index contributed by atoms with van der Waals surface area (Å²) in [5.41, 5.74) is 0. The van der Waals surface area contributed by atoms with E-state index in [1.807, 2.05) is 0 Å². The maximum atomic E-state index is 5.23. The molecule has 1 unspecified atom stereocenters. The van der Waals surface area contributed by atoms with Crippen LogP contribution in [-0.4, -0.2) is 42.7 Å². The zero-order chi connectivity index (χ0) is 12.0. The van der Waals surface area contributed by atoms with Crippen LogP contribution in [0.1, 0.15) is 27.2 Å². The van der Waals surface area contributed by atoms with E-state index in [-0.39, 0.29) is 0 Å². The maximum absolute atomic E-state index is 5.23. The molecule has 1 aliphatic rings. The second kappa shape index (κ2) is 7.07. The van der Waals surface area contributed by atoms with E-state index in [1.54, 1.807) is 0 Å². The molecule has 0 aromatic rings. The van der Waals surface area contributed by atoms with Crippen LogP contribution in [0.25, 0.3) is 0 Å². The molecular formula is C12H25N3S. The SMILES string of the molecule is CCN1CCC(CNC(=S)NCC(C)C)C1. The van der Waals surface area contributed by atoms with E-state index in [1.165, 1.54) is 26.1 Å². The highest BCUT2D eigenvalue weighted by molar-refractivity contribution is 7.80. The van der Waals surface area contributed by atoms with Crippen molar-refractivity contribution in [3.05, 3.63) is 0 Å². The summed E-state index contributed by atoms with van der Waals surface area (Å²) in [6, 6.07) is 0. The van der Waals surface area contributed by atoms with E-state index >= 15 is 0 Å². The molecule has 0 bridgehead atoms. The van der Waals surface area contributed by atoms with Crippen molar-refractivity contribution in [2.24, 2.45) is 11.8 Å². The Bertz CT molecular complexity index is 218. The second-order valence-electron chi connectivity index (χ2n) is 5.03. The summed E-state index contributed by atoms with van der Waals surface area (Å²) in [5.74, 6) is 1.40. The first-order valence-electron chi connectivity index (χ1n) is 6.35. The number of hydrogen-bond acceptors (Lipinski definition) is 2. The molecule has 0 aromatic carbocycles. The first kappa shape index (κ1) is 13.7. The highest BCUT2D eigenvalue weighted by Crippen LogP contribution is 2.14. The van der Waals surface area contributed by atoms with Crippen LogP contribution in [-0.2, 0) is 0 Å². The maximum Gasteiger partial charge on any atom is 0.166 e. The average molecular weight is 243 g/mol. The van der Waals surface area contributed by atoms with Crippen molar-refractivity contribution in [2.45, 2.75) is 27.2 Å². The van der Waals surface area contributed by atoms with Crippen molar-refractivity contribution < 1.29 is 0 Å². The fourth-order valence-electron chi connectivity index (χ4n) is 1.96. The molecule has 0 radical (unpaired) electrons. The lowest BCUT2D eigenvalue weighted by atomic mass is 10.1. The topological polar surface area (TPSA) is 27.3 Å². The minimum Gasteiger partial charge on any atom is -0.362 e. The Hall–Kier alpha value is -0.350. The summed E-state index contributed by atoms with van der Waals surface area (Å²) in [6.07, 6.45) is 1.30. The van der Waals surface area contributed by atoms with Gasteiger partial charge in [-0.15, -0.1) is 0 Å². The van der Waals surface area contributed by atoms with E-state index in [0.717, 1.165) is 24.1 Å². The zero-order valence-corrected chi connectivity index (χ0v) is 11.6. The van der Waals surface area contributed by atoms with Gasteiger partial charge in [-0.05, 0) is 43.6 Å². The third-order valence-electron chi connectivity index (χ3n) is 3.04. The van der Waals surface area contributed by atoms with Crippen LogP contribution in [0.2, 0.25) is 0 Å². The molecule has 3 nitrogen and oxygen atoms in total. The Morgan fingerprint density at radius 2 is 2.19 bits per heavy atom. The van der Waals surface area contributed by atoms with Crippen LogP contribution >= 0.6 is 12.2 Å². The van der Waals surface area contributed by atoms with Gasteiger partial charge in [0.1, 0.15) is 0 Å². The van der Waals surface area contributed by atoms with Crippen molar-refractivity contribution in [3.8, 4) is 0 Å². The van der Waals surface area contributed by atoms with Crippen molar-refractivity contribution in [1.82, 2.24) is 15.5 Å². The highest BCUT2D eigenvalue weighted by atomic mass is 32.1. The molecule has 16 heavy (non-hydrogen) atoms. The van der Waals surface area contributed by atoms with Crippen molar-refractivity contribution in [1.29, 1.82) is 0 Å². The van der Waals surface area contributed by atoms with Gasteiger partial charge in [-0.2, -0.15) is 0 Å². The monoisotopic (exact) mass is 243 g/mol. The average Bonchev–Trinajstić information content (AvgIpc) is 2.71. The van der Waals surface area contributed by atoms with Gasteiger partial charge < -0.3 is 15.5 Å². The van der Waals surface area contributed by atoms with Gasteiger partial charge in [-0.3, -0.25) is 0 Å². The number of nitrogens with zero attached hydrogens (tertiary/aromatic N) is 1. The molecule has 1 saturated heterocycles. The molecule has 1 heterocycles. The molecule has 1 fully saturated rings. The van der Waals surface area contributed by atoms with Gasteiger partial charge in [-0.1, -0.05) is 20.8 Å². The van der Waals surface area contributed by atoms with Crippen molar-refractivity contribution in [3.63, 3.8) is 0 Å². The third kappa shape index (κ3) is 5.12. The highest BCUT2D eigenvalue weighted by Gasteiger charge is 2.20. The number of thiocarbonyl (C=S) groups is 1. The molecule has 1 rings (SSSR count). The quantitative estimate of drug-likeness (QED) is 0.715. The van der Waals surface area contributed by atoms with E-state index in [9.17, 15) is 0 Å². The molecule has 1 atom stereocenters. The predicted molar refractivity (Wildman–Crippen MR) is 73.7 cm³/mol. The van der Waals surface area contributed by atoms with Gasteiger partial charge in [0.25, 0.3) is 0 Å². The molecule has 0 spiro atoms. The summed E-state index contributed by atoms with van der Waals surface area (Å²) in [4.78, 5) is 2.50. The Morgan fingerprint density at radius 3 is 2.75 bits per heavy atom. The van der Waals surface area contributed by atoms with E-state index in [2.05, 4.69) is 36.3 Å². The number of rotatable bonds is 5. The zero-order valence-electron chi connectivity index (χ0n) is 10.8. The fraction of sp³-hybridized carbons (Fsp3) is 0.917. The lowest BCUT2D eigenvalue weighted by molar-refractivity contribution is 0.342. The van der Waals surface area contributed by atoms with Gasteiger partial charge in [0, 0.05) is 19.6 Å². The molecule has 1 aliphatic heterocycles. The summed E-state index contributed by atoms with van der Waals surface area (Å²) < 4.78 is 0. The molecule has 4 heteroatoms. The van der Waals surface area contributed by atoms with Crippen LogP contribution in [0.15, 0.2) is 0 Å². The molecule has 94 valence electrons. The first-order valence-corrected chi connectivity index (χ1v) is 6.76. The molecule has 2 N–H and O–H groups in total. The summed E-state index contributed by atoms with van der Waals surface area (Å²) in [5, 5.41) is 7.37. The minimum atomic E-state index is 0.641. The van der Waals surface area contributed by atoms with Crippen LogP contribution in [0.4, 0.5) is 0 Å². The first-order chi connectivity index (χ1) is 7.61. The number of nitrogens with one attached hydrogen (secondary N) is 2. The molecular weight excluding hydrogens is 218 g/mol. The fourth-order valence-corrected chi connectivity index (χ4v) is 2.13. The van der Waals surface area contributed by atoms with Gasteiger partial charge >= 0.3 is 0 Å². The van der Waals surface area contributed by atoms with Gasteiger partial charge in [-0.25, -0.2) is 0 Å². The standard InChI is InChI=1S/C12H25N3S/c1-4-15-6-5-11(9-15)8-14-12(16)13-7-10(2)3/h10-11H,4-9H2,1-3H3,(H2,13,14,16). The van der Waals surface area contributed by atoms with Crippen LogP contribution in [0.5, 0.6) is 0 Å². The summed E-state index contributed by atoms with van der Waals surface area (Å²) >= 11 is 5.23. The van der Waals surface area contributed by atoms with Gasteiger partial charge in [0.05, 0.1) is 0 Å². The largest absolute Gasteiger partial charge is 0.362 e. The summed E-state index contributed by atoms with van der Waals surface area (Å²) in [6.45, 7) is 12.2. The van der Waals surface area contributed by atoms with Crippen molar-refractivity contribution >= 4 is 17.3 Å². The summed E-state index contributed by atoms with van der Waals surface area (Å²) in [7, 11) is 0. The molecule has 0 aliphatic carbocycles. The van der Waals surface area contributed by atoms with Crippen molar-refractivity contribution in [2.75, 3.05) is 32.7 Å². The van der Waals surface area contributed by atoms with E-state index in [4.69, 9.17) is 12.2 Å². The number of likely N-dealkylation sites (tertiary alicyclic amines) is 1. The second-order valence-corrected chi connectivity index (χ2v) is 5.44. The third-order valence-corrected chi connectivity index (χ3v) is 3.33. The smallest absolute Gasteiger partial charge is 0.166 e. The predicted octanol–water partition coefficient (Wildman–Crippen LogP) is 1.45. The van der Waals surface area contributed by atoms with Gasteiger partial charge in [0.15, 0.2) is 5.11 Å². The van der Waals surface area contributed by atoms with Gasteiger partial charge in [0.2, 0.25) is 0 Å². The Labute approximate surface area is 105 Å². The Morgan fingerprint density at radius 1 is 1.44 bits per heavy atom. The Balaban J connectivity index is 2.08. The molecule has 0 aromatic heterocycles. The van der Waals surface area contributed by atoms with E-state index in [0.29, 0.717) is 5.92 Å². The minimum absolute atomic E-state index is 0.641. The lowest BCUT2D eigenvalue weighted by Crippen LogP contribution is -2.40. The Kier molecular flexibility index (Phi) is 6.06. The van der Waals surface area contributed by atoms with Crippen LogP contribution in [0, 0.1) is 11.8 Å². The number of hydrogen-bond donors (Lipinski definition) is 2. The van der Waals surface area contributed by atoms with E-state index < -0.39 is 0 Å². The molecule has 0 saturated carbocycles. The molecule has 0 amide bonds. The lowest BCUT2D eigenvalue weighted by Gasteiger charge is -2.16. The normalized spacial score (nSPS) is 21.4.